The molecule has 0 amide bonds. The predicted octanol–water partition coefficient (Wildman–Crippen LogP) is 1.66. The Bertz CT molecular complexity index is 393. The minimum atomic E-state index is 0.467. The topological polar surface area (TPSA) is 47.8 Å². The lowest BCUT2D eigenvalue weighted by Gasteiger charge is -2.29. The lowest BCUT2D eigenvalue weighted by Crippen LogP contribution is -2.51. The van der Waals surface area contributed by atoms with Crippen LogP contribution in [0, 0.1) is 11.3 Å². The van der Waals surface area contributed by atoms with Crippen LogP contribution in [-0.2, 0) is 0 Å². The summed E-state index contributed by atoms with van der Waals surface area (Å²) in [7, 11) is 0. The fourth-order valence-corrected chi connectivity index (χ4v) is 2.12. The number of hydrogen-bond acceptors (Lipinski definition) is 4. The SMILES string of the molecule is CSc1cccc(NC2CNC2)c1C#N. The standard InChI is InChI=1S/C11H13N3S/c1-15-11-4-2-3-10(9(11)5-12)14-8-6-13-7-8/h2-4,8,13-14H,6-7H2,1H3. The van der Waals surface area contributed by atoms with Gasteiger partial charge in [0, 0.05) is 18.0 Å². The van der Waals surface area contributed by atoms with Crippen molar-refractivity contribution in [2.75, 3.05) is 24.7 Å². The molecule has 0 saturated carbocycles. The highest BCUT2D eigenvalue weighted by atomic mass is 32.2. The Hall–Kier alpha value is -1.18. The van der Waals surface area contributed by atoms with Crippen LogP contribution in [0.25, 0.3) is 0 Å². The van der Waals surface area contributed by atoms with Gasteiger partial charge in [-0.2, -0.15) is 5.26 Å². The average Bonchev–Trinajstić information content (AvgIpc) is 2.22. The number of nitriles is 1. The molecule has 0 spiro atoms. The van der Waals surface area contributed by atoms with E-state index in [-0.39, 0.29) is 0 Å². The van der Waals surface area contributed by atoms with Crippen molar-refractivity contribution >= 4 is 17.4 Å². The smallest absolute Gasteiger partial charge is 0.102 e. The van der Waals surface area contributed by atoms with E-state index in [2.05, 4.69) is 16.7 Å². The molecule has 1 heterocycles. The van der Waals surface area contributed by atoms with Crippen LogP contribution in [-0.4, -0.2) is 25.4 Å². The monoisotopic (exact) mass is 219 g/mol. The second kappa shape index (κ2) is 4.56. The van der Waals surface area contributed by atoms with E-state index in [1.165, 1.54) is 0 Å². The van der Waals surface area contributed by atoms with Gasteiger partial charge >= 0.3 is 0 Å². The highest BCUT2D eigenvalue weighted by Crippen LogP contribution is 2.26. The van der Waals surface area contributed by atoms with Gasteiger partial charge in [0.05, 0.1) is 17.3 Å². The molecule has 15 heavy (non-hydrogen) atoms. The van der Waals surface area contributed by atoms with Crippen LogP contribution < -0.4 is 10.6 Å². The quantitative estimate of drug-likeness (QED) is 0.759. The van der Waals surface area contributed by atoms with Gasteiger partial charge < -0.3 is 10.6 Å². The van der Waals surface area contributed by atoms with Crippen molar-refractivity contribution in [2.45, 2.75) is 10.9 Å². The predicted molar refractivity (Wildman–Crippen MR) is 63.2 cm³/mol. The second-order valence-corrected chi connectivity index (χ2v) is 4.34. The third-order valence-electron chi connectivity index (χ3n) is 2.50. The molecule has 0 atom stereocenters. The van der Waals surface area contributed by atoms with Crippen LogP contribution in [0.2, 0.25) is 0 Å². The number of thioether (sulfide) groups is 1. The summed E-state index contributed by atoms with van der Waals surface area (Å²) in [4.78, 5) is 1.04. The van der Waals surface area contributed by atoms with Crippen LogP contribution in [0.1, 0.15) is 5.56 Å². The molecule has 1 aromatic rings. The summed E-state index contributed by atoms with van der Waals surface area (Å²) < 4.78 is 0. The van der Waals surface area contributed by atoms with E-state index >= 15 is 0 Å². The molecular formula is C11H13N3S. The van der Waals surface area contributed by atoms with Gasteiger partial charge in [-0.25, -0.2) is 0 Å². The van der Waals surface area contributed by atoms with Crippen molar-refractivity contribution in [1.29, 1.82) is 5.26 Å². The Morgan fingerprint density at radius 1 is 1.53 bits per heavy atom. The molecule has 0 aromatic heterocycles. The summed E-state index contributed by atoms with van der Waals surface area (Å²) in [5, 5.41) is 15.7. The van der Waals surface area contributed by atoms with E-state index in [0.29, 0.717) is 6.04 Å². The average molecular weight is 219 g/mol. The van der Waals surface area contributed by atoms with Crippen molar-refractivity contribution in [3.8, 4) is 6.07 Å². The molecule has 0 unspecified atom stereocenters. The van der Waals surface area contributed by atoms with Crippen molar-refractivity contribution in [3.63, 3.8) is 0 Å². The van der Waals surface area contributed by atoms with Gasteiger partial charge in [0.1, 0.15) is 6.07 Å². The Morgan fingerprint density at radius 3 is 2.87 bits per heavy atom. The molecule has 1 saturated heterocycles. The molecule has 1 aromatic carbocycles. The number of hydrogen-bond donors (Lipinski definition) is 2. The van der Waals surface area contributed by atoms with Gasteiger partial charge in [-0.05, 0) is 18.4 Å². The third-order valence-corrected chi connectivity index (χ3v) is 3.28. The molecule has 3 nitrogen and oxygen atoms in total. The summed E-state index contributed by atoms with van der Waals surface area (Å²) >= 11 is 1.61. The maximum Gasteiger partial charge on any atom is 0.102 e. The summed E-state index contributed by atoms with van der Waals surface area (Å²) in [6.45, 7) is 1.96. The Balaban J connectivity index is 2.25. The van der Waals surface area contributed by atoms with Gasteiger partial charge in [0.25, 0.3) is 0 Å². The van der Waals surface area contributed by atoms with E-state index in [0.717, 1.165) is 29.2 Å². The fraction of sp³-hybridized carbons (Fsp3) is 0.364. The van der Waals surface area contributed by atoms with Crippen LogP contribution in [0.15, 0.2) is 23.1 Å². The molecule has 2 rings (SSSR count). The molecular weight excluding hydrogens is 206 g/mol. The van der Waals surface area contributed by atoms with E-state index in [9.17, 15) is 0 Å². The van der Waals surface area contributed by atoms with Gasteiger partial charge in [0.2, 0.25) is 0 Å². The molecule has 2 N–H and O–H groups in total. The van der Waals surface area contributed by atoms with Crippen LogP contribution >= 0.6 is 11.8 Å². The van der Waals surface area contributed by atoms with Crippen molar-refractivity contribution in [2.24, 2.45) is 0 Å². The molecule has 1 aliphatic heterocycles. The summed E-state index contributed by atoms with van der Waals surface area (Å²) in [5.74, 6) is 0. The summed E-state index contributed by atoms with van der Waals surface area (Å²) in [5.41, 5.74) is 1.72. The Labute approximate surface area is 93.9 Å². The number of nitrogens with zero attached hydrogens (tertiary/aromatic N) is 1. The van der Waals surface area contributed by atoms with E-state index in [1.807, 2.05) is 24.5 Å². The molecule has 4 heteroatoms. The zero-order valence-corrected chi connectivity index (χ0v) is 9.40. The van der Waals surface area contributed by atoms with Crippen molar-refractivity contribution in [3.05, 3.63) is 23.8 Å². The number of benzene rings is 1. The Morgan fingerprint density at radius 2 is 2.33 bits per heavy atom. The minimum absolute atomic E-state index is 0.467. The lowest BCUT2D eigenvalue weighted by atomic mass is 10.1. The largest absolute Gasteiger partial charge is 0.379 e. The first kappa shape index (κ1) is 10.3. The molecule has 0 radical (unpaired) electrons. The zero-order valence-electron chi connectivity index (χ0n) is 8.58. The van der Waals surface area contributed by atoms with Crippen LogP contribution in [0.3, 0.4) is 0 Å². The number of rotatable bonds is 3. The Kier molecular flexibility index (Phi) is 3.14. The van der Waals surface area contributed by atoms with Crippen LogP contribution in [0.4, 0.5) is 5.69 Å². The first-order chi connectivity index (χ1) is 7.35. The highest BCUT2D eigenvalue weighted by molar-refractivity contribution is 7.98. The van der Waals surface area contributed by atoms with Crippen molar-refractivity contribution in [1.82, 2.24) is 5.32 Å². The second-order valence-electron chi connectivity index (χ2n) is 3.49. The number of anilines is 1. The molecule has 1 aliphatic rings. The molecule has 0 aliphatic carbocycles. The number of nitrogens with one attached hydrogen (secondary N) is 2. The third kappa shape index (κ3) is 2.09. The maximum atomic E-state index is 9.12. The first-order valence-corrected chi connectivity index (χ1v) is 6.12. The first-order valence-electron chi connectivity index (χ1n) is 4.89. The van der Waals surface area contributed by atoms with Gasteiger partial charge in [-0.1, -0.05) is 6.07 Å². The van der Waals surface area contributed by atoms with Gasteiger partial charge in [-0.15, -0.1) is 11.8 Å². The van der Waals surface area contributed by atoms with E-state index in [1.54, 1.807) is 11.8 Å². The molecule has 1 fully saturated rings. The minimum Gasteiger partial charge on any atom is -0.379 e. The zero-order chi connectivity index (χ0) is 10.7. The normalized spacial score (nSPS) is 15.5. The highest BCUT2D eigenvalue weighted by Gasteiger charge is 2.18. The van der Waals surface area contributed by atoms with E-state index in [4.69, 9.17) is 5.26 Å². The van der Waals surface area contributed by atoms with Gasteiger partial charge in [0.15, 0.2) is 0 Å². The lowest BCUT2D eigenvalue weighted by molar-refractivity contribution is 0.472. The molecule has 78 valence electrons. The fourth-order valence-electron chi connectivity index (χ4n) is 1.55. The van der Waals surface area contributed by atoms with Crippen molar-refractivity contribution < 1.29 is 0 Å². The maximum absolute atomic E-state index is 9.12. The van der Waals surface area contributed by atoms with Crippen LogP contribution in [0.5, 0.6) is 0 Å². The van der Waals surface area contributed by atoms with E-state index < -0.39 is 0 Å². The van der Waals surface area contributed by atoms with Gasteiger partial charge in [-0.3, -0.25) is 0 Å². The summed E-state index contributed by atoms with van der Waals surface area (Å²) in [6, 6.07) is 8.67. The summed E-state index contributed by atoms with van der Waals surface area (Å²) in [6.07, 6.45) is 1.99. The molecule has 0 bridgehead atoms.